The summed E-state index contributed by atoms with van der Waals surface area (Å²) in [6.07, 6.45) is 0.995. The molecule has 0 aromatic heterocycles. The first-order valence-electron chi connectivity index (χ1n) is 4.16. The lowest BCUT2D eigenvalue weighted by Gasteiger charge is -2.30. The maximum absolute atomic E-state index is 11.2. The van der Waals surface area contributed by atoms with E-state index in [1.807, 2.05) is 20.8 Å². The van der Waals surface area contributed by atoms with Crippen molar-refractivity contribution in [3.8, 4) is 0 Å². The maximum Gasteiger partial charge on any atom is 0.317 e. The highest BCUT2D eigenvalue weighted by molar-refractivity contribution is 5.89. The molecule has 1 saturated heterocycles. The Bertz CT molecular complexity index is 212. The van der Waals surface area contributed by atoms with Gasteiger partial charge in [-0.05, 0) is 11.8 Å². The Kier molecular flexibility index (Phi) is 2.22. The number of esters is 2. The first-order valence-corrected chi connectivity index (χ1v) is 4.16. The van der Waals surface area contributed by atoms with Crippen molar-refractivity contribution in [3.63, 3.8) is 0 Å². The van der Waals surface area contributed by atoms with Crippen LogP contribution in [0.3, 0.4) is 0 Å². The van der Waals surface area contributed by atoms with Gasteiger partial charge in [0.25, 0.3) is 0 Å². The Balaban J connectivity index is 2.69. The predicted molar refractivity (Wildman–Crippen MR) is 43.3 cm³/mol. The molecule has 0 N–H and O–H groups in total. The lowest BCUT2D eigenvalue weighted by atomic mass is 9.77. The third-order valence-electron chi connectivity index (χ3n) is 2.18. The molecular weight excluding hydrogens is 156 g/mol. The van der Waals surface area contributed by atoms with Crippen molar-refractivity contribution < 1.29 is 14.3 Å². The van der Waals surface area contributed by atoms with E-state index in [0.717, 1.165) is 0 Å². The molecule has 12 heavy (non-hydrogen) atoms. The van der Waals surface area contributed by atoms with E-state index >= 15 is 0 Å². The molecule has 0 radical (unpaired) electrons. The van der Waals surface area contributed by atoms with Crippen LogP contribution in [-0.2, 0) is 14.3 Å². The van der Waals surface area contributed by atoms with E-state index in [9.17, 15) is 9.59 Å². The first kappa shape index (κ1) is 9.23. The lowest BCUT2D eigenvalue weighted by Crippen LogP contribution is -2.36. The van der Waals surface area contributed by atoms with Crippen LogP contribution in [0.4, 0.5) is 0 Å². The molecule has 68 valence electrons. The number of cyclic esters (lactones) is 2. The molecule has 0 aliphatic carbocycles. The van der Waals surface area contributed by atoms with Gasteiger partial charge in [-0.1, -0.05) is 20.8 Å². The van der Waals surface area contributed by atoms with E-state index in [1.54, 1.807) is 0 Å². The van der Waals surface area contributed by atoms with Gasteiger partial charge in [-0.25, -0.2) is 0 Å². The minimum Gasteiger partial charge on any atom is -0.393 e. The van der Waals surface area contributed by atoms with E-state index in [1.165, 1.54) is 0 Å². The van der Waals surface area contributed by atoms with Gasteiger partial charge in [0.2, 0.25) is 0 Å². The van der Waals surface area contributed by atoms with Crippen LogP contribution in [0.25, 0.3) is 0 Å². The molecule has 0 aromatic carbocycles. The number of hydrogen-bond acceptors (Lipinski definition) is 3. The molecule has 1 rings (SSSR count). The number of carbonyl (C=O) groups excluding carboxylic acids is 2. The number of carbonyl (C=O) groups is 2. The van der Waals surface area contributed by atoms with Gasteiger partial charge in [-0.2, -0.15) is 0 Å². The summed E-state index contributed by atoms with van der Waals surface area (Å²) in [6.45, 7) is 5.94. The van der Waals surface area contributed by atoms with Gasteiger partial charge in [-0.15, -0.1) is 0 Å². The molecule has 0 unspecified atom stereocenters. The van der Waals surface area contributed by atoms with Crippen molar-refractivity contribution in [1.82, 2.24) is 0 Å². The third-order valence-corrected chi connectivity index (χ3v) is 2.18. The second kappa shape index (κ2) is 2.88. The molecule has 0 aromatic rings. The van der Waals surface area contributed by atoms with E-state index in [4.69, 9.17) is 0 Å². The van der Waals surface area contributed by atoms with Gasteiger partial charge in [0.15, 0.2) is 0 Å². The summed E-state index contributed by atoms with van der Waals surface area (Å²) in [6, 6.07) is 0. The molecule has 0 amide bonds. The molecule has 0 spiro atoms. The fourth-order valence-electron chi connectivity index (χ4n) is 1.40. The lowest BCUT2D eigenvalue weighted by molar-refractivity contribution is -0.170. The Morgan fingerprint density at radius 2 is 1.92 bits per heavy atom. The molecular formula is C9H14O3. The number of rotatable bonds is 0. The van der Waals surface area contributed by atoms with Crippen molar-refractivity contribution in [2.75, 3.05) is 0 Å². The molecule has 1 fully saturated rings. The van der Waals surface area contributed by atoms with Crippen LogP contribution in [-0.4, -0.2) is 11.9 Å². The molecule has 1 atom stereocenters. The van der Waals surface area contributed by atoms with Gasteiger partial charge < -0.3 is 4.74 Å². The summed E-state index contributed by atoms with van der Waals surface area (Å²) in [7, 11) is 0. The van der Waals surface area contributed by atoms with Crippen LogP contribution >= 0.6 is 0 Å². The summed E-state index contributed by atoms with van der Waals surface area (Å²) in [5, 5.41) is 0. The van der Waals surface area contributed by atoms with Crippen LogP contribution in [0.15, 0.2) is 0 Å². The minimum atomic E-state index is -0.388. The number of ether oxygens (including phenoxy) is 1. The second-order valence-electron chi connectivity index (χ2n) is 4.25. The van der Waals surface area contributed by atoms with Crippen molar-refractivity contribution in [2.45, 2.75) is 33.6 Å². The van der Waals surface area contributed by atoms with Crippen LogP contribution < -0.4 is 0 Å². The van der Waals surface area contributed by atoms with Gasteiger partial charge in [0, 0.05) is 6.42 Å². The second-order valence-corrected chi connectivity index (χ2v) is 4.25. The van der Waals surface area contributed by atoms with Crippen molar-refractivity contribution in [1.29, 1.82) is 0 Å². The van der Waals surface area contributed by atoms with Crippen molar-refractivity contribution in [2.24, 2.45) is 11.3 Å². The van der Waals surface area contributed by atoms with Crippen LogP contribution in [0.5, 0.6) is 0 Å². The Hall–Kier alpha value is -0.860. The first-order chi connectivity index (χ1) is 5.41. The van der Waals surface area contributed by atoms with E-state index in [-0.39, 0.29) is 23.3 Å². The zero-order chi connectivity index (χ0) is 9.35. The predicted octanol–water partition coefficient (Wildman–Crippen LogP) is 1.51. The van der Waals surface area contributed by atoms with Crippen molar-refractivity contribution in [3.05, 3.63) is 0 Å². The van der Waals surface area contributed by atoms with Gasteiger partial charge in [0.05, 0.1) is 5.92 Å². The van der Waals surface area contributed by atoms with Gasteiger partial charge in [-0.3, -0.25) is 9.59 Å². The Labute approximate surface area is 72.1 Å². The molecule has 1 aliphatic heterocycles. The molecule has 0 saturated carbocycles. The standard InChI is InChI=1S/C9H14O3/c1-9(2,3)6-4-5-7(10)12-8(6)11/h6H,4-5H2,1-3H3/t6-/m0/s1. The quantitative estimate of drug-likeness (QED) is 0.409. The maximum atomic E-state index is 11.2. The minimum absolute atomic E-state index is 0.0994. The summed E-state index contributed by atoms with van der Waals surface area (Å²) in [4.78, 5) is 21.9. The van der Waals surface area contributed by atoms with Gasteiger partial charge >= 0.3 is 11.9 Å². The van der Waals surface area contributed by atoms with Crippen molar-refractivity contribution >= 4 is 11.9 Å². The van der Waals surface area contributed by atoms with E-state index in [0.29, 0.717) is 12.8 Å². The highest BCUT2D eigenvalue weighted by atomic mass is 16.6. The fraction of sp³-hybridized carbons (Fsp3) is 0.778. The third kappa shape index (κ3) is 1.84. The molecule has 0 bridgehead atoms. The summed E-state index contributed by atoms with van der Waals surface area (Å²) >= 11 is 0. The van der Waals surface area contributed by atoms with Crippen LogP contribution in [0.2, 0.25) is 0 Å². The molecule has 1 aliphatic rings. The number of hydrogen-bond donors (Lipinski definition) is 0. The summed E-state index contributed by atoms with van der Waals surface area (Å²) in [5.41, 5.74) is -0.0994. The largest absolute Gasteiger partial charge is 0.393 e. The SMILES string of the molecule is CC(C)(C)[C@H]1CCC(=O)OC1=O. The average Bonchev–Trinajstić information content (AvgIpc) is 1.83. The fourth-order valence-corrected chi connectivity index (χ4v) is 1.40. The highest BCUT2D eigenvalue weighted by Gasteiger charge is 2.37. The Morgan fingerprint density at radius 1 is 1.33 bits per heavy atom. The normalized spacial score (nSPS) is 25.4. The van der Waals surface area contributed by atoms with E-state index in [2.05, 4.69) is 4.74 Å². The van der Waals surface area contributed by atoms with Crippen LogP contribution in [0, 0.1) is 11.3 Å². The molecule has 3 heteroatoms. The van der Waals surface area contributed by atoms with Gasteiger partial charge in [0.1, 0.15) is 0 Å². The summed E-state index contributed by atoms with van der Waals surface area (Å²) < 4.78 is 4.55. The molecule has 1 heterocycles. The topological polar surface area (TPSA) is 43.4 Å². The van der Waals surface area contributed by atoms with E-state index < -0.39 is 0 Å². The summed E-state index contributed by atoms with van der Waals surface area (Å²) in [5.74, 6) is -0.880. The zero-order valence-electron chi connectivity index (χ0n) is 7.72. The smallest absolute Gasteiger partial charge is 0.317 e. The Morgan fingerprint density at radius 3 is 2.33 bits per heavy atom. The average molecular weight is 170 g/mol. The monoisotopic (exact) mass is 170 g/mol. The molecule has 3 nitrogen and oxygen atoms in total. The highest BCUT2D eigenvalue weighted by Crippen LogP contribution is 2.33. The zero-order valence-corrected chi connectivity index (χ0v) is 7.72. The van der Waals surface area contributed by atoms with Crippen LogP contribution in [0.1, 0.15) is 33.6 Å².